The van der Waals surface area contributed by atoms with Crippen LogP contribution in [-0.2, 0) is 17.8 Å². The molecule has 1 amide bonds. The van der Waals surface area contributed by atoms with E-state index >= 15 is 0 Å². The van der Waals surface area contributed by atoms with Crippen LogP contribution in [0.3, 0.4) is 0 Å². The Bertz CT molecular complexity index is 822. The number of pyridine rings is 1. The van der Waals surface area contributed by atoms with Gasteiger partial charge >= 0.3 is 6.36 Å². The number of alkyl halides is 3. The van der Waals surface area contributed by atoms with E-state index < -0.39 is 23.8 Å². The van der Waals surface area contributed by atoms with E-state index in [0.29, 0.717) is 5.69 Å². The molecule has 1 aromatic heterocycles. The largest absolute Gasteiger partial charge is 0.573 e. The van der Waals surface area contributed by atoms with E-state index in [1.807, 2.05) is 0 Å². The smallest absolute Gasteiger partial charge is 0.403 e. The highest BCUT2D eigenvalue weighted by Gasteiger charge is 2.32. The second-order valence-corrected chi connectivity index (χ2v) is 5.41. The Morgan fingerprint density at radius 3 is 2.58 bits per heavy atom. The van der Waals surface area contributed by atoms with E-state index in [9.17, 15) is 27.2 Å². The molecular weight excluding hydrogens is 356 g/mol. The maximum Gasteiger partial charge on any atom is 0.573 e. The summed E-state index contributed by atoms with van der Waals surface area (Å²) in [4.78, 5) is 27.2. The zero-order chi connectivity index (χ0) is 19.3. The van der Waals surface area contributed by atoms with Crippen molar-refractivity contribution in [3.8, 4) is 5.75 Å². The van der Waals surface area contributed by atoms with Crippen LogP contribution in [-0.4, -0.2) is 23.0 Å². The Hall–Kier alpha value is -2.97. The number of rotatable bonds is 6. The SMILES string of the molecule is CC(=O)Cc1cc(C(=O)NCc2ccc(F)c(OC(F)(F)F)c2)ccn1. The molecule has 2 rings (SSSR count). The van der Waals surface area contributed by atoms with Crippen molar-refractivity contribution in [2.75, 3.05) is 0 Å². The predicted molar refractivity (Wildman–Crippen MR) is 82.9 cm³/mol. The number of aromatic nitrogens is 1. The third-order valence-electron chi connectivity index (χ3n) is 3.18. The van der Waals surface area contributed by atoms with Gasteiger partial charge in [0.2, 0.25) is 0 Å². The van der Waals surface area contributed by atoms with Crippen molar-refractivity contribution in [3.05, 3.63) is 59.2 Å². The molecule has 26 heavy (non-hydrogen) atoms. The normalized spacial score (nSPS) is 11.1. The molecule has 0 radical (unpaired) electrons. The fourth-order valence-electron chi connectivity index (χ4n) is 2.12. The van der Waals surface area contributed by atoms with Crippen LogP contribution < -0.4 is 10.1 Å². The number of carbonyl (C=O) groups excluding carboxylic acids is 2. The van der Waals surface area contributed by atoms with Crippen LogP contribution in [0.15, 0.2) is 36.5 Å². The van der Waals surface area contributed by atoms with Crippen LogP contribution in [0.5, 0.6) is 5.75 Å². The summed E-state index contributed by atoms with van der Waals surface area (Å²) < 4.78 is 53.6. The summed E-state index contributed by atoms with van der Waals surface area (Å²) in [5.41, 5.74) is 0.884. The molecule has 0 aliphatic heterocycles. The van der Waals surface area contributed by atoms with Crippen LogP contribution >= 0.6 is 0 Å². The summed E-state index contributed by atoms with van der Waals surface area (Å²) in [5, 5.41) is 2.49. The Morgan fingerprint density at radius 1 is 1.19 bits per heavy atom. The fraction of sp³-hybridized carbons (Fsp3) is 0.235. The van der Waals surface area contributed by atoms with E-state index in [2.05, 4.69) is 15.0 Å². The molecule has 0 saturated heterocycles. The van der Waals surface area contributed by atoms with Crippen molar-refractivity contribution >= 4 is 11.7 Å². The van der Waals surface area contributed by atoms with Crippen LogP contribution in [0, 0.1) is 5.82 Å². The van der Waals surface area contributed by atoms with E-state index in [0.717, 1.165) is 12.1 Å². The van der Waals surface area contributed by atoms with Gasteiger partial charge < -0.3 is 10.1 Å². The number of nitrogens with zero attached hydrogens (tertiary/aromatic N) is 1. The van der Waals surface area contributed by atoms with Crippen LogP contribution in [0.4, 0.5) is 17.6 Å². The highest BCUT2D eigenvalue weighted by Crippen LogP contribution is 2.26. The van der Waals surface area contributed by atoms with Crippen molar-refractivity contribution in [1.29, 1.82) is 0 Å². The fourth-order valence-corrected chi connectivity index (χ4v) is 2.12. The standard InChI is InChI=1S/C17H14F4N2O3/c1-10(24)6-13-8-12(4-5-22-13)16(25)23-9-11-2-3-14(18)15(7-11)26-17(19,20)21/h2-5,7-8H,6,9H2,1H3,(H,23,25). The lowest BCUT2D eigenvalue weighted by Crippen LogP contribution is -2.23. The summed E-state index contributed by atoms with van der Waals surface area (Å²) in [6.45, 7) is 1.25. The maximum atomic E-state index is 13.4. The first-order chi connectivity index (χ1) is 12.1. The Labute approximate surface area is 146 Å². The third kappa shape index (κ3) is 5.83. The zero-order valence-corrected chi connectivity index (χ0v) is 13.6. The molecule has 0 spiro atoms. The number of ether oxygens (including phenoxy) is 1. The van der Waals surface area contributed by atoms with Gasteiger partial charge in [-0.15, -0.1) is 13.2 Å². The minimum absolute atomic E-state index is 0.0806. The van der Waals surface area contributed by atoms with Crippen molar-refractivity contribution in [2.24, 2.45) is 0 Å². The molecule has 0 unspecified atom stereocenters. The molecule has 0 atom stereocenters. The summed E-state index contributed by atoms with van der Waals surface area (Å²) >= 11 is 0. The Balaban J connectivity index is 2.05. The molecule has 1 N–H and O–H groups in total. The second-order valence-electron chi connectivity index (χ2n) is 5.41. The highest BCUT2D eigenvalue weighted by molar-refractivity contribution is 5.94. The monoisotopic (exact) mass is 370 g/mol. The summed E-state index contributed by atoms with van der Waals surface area (Å²) in [5.74, 6) is -2.77. The van der Waals surface area contributed by atoms with Crippen LogP contribution in [0.25, 0.3) is 0 Å². The number of hydrogen-bond donors (Lipinski definition) is 1. The van der Waals surface area contributed by atoms with Gasteiger partial charge in [-0.2, -0.15) is 0 Å². The van der Waals surface area contributed by atoms with Gasteiger partial charge in [0.15, 0.2) is 11.6 Å². The average molecular weight is 370 g/mol. The molecule has 0 aliphatic rings. The first-order valence-corrected chi connectivity index (χ1v) is 7.41. The van der Waals surface area contributed by atoms with Crippen molar-refractivity contribution < 1.29 is 31.9 Å². The number of nitrogens with one attached hydrogen (secondary N) is 1. The number of hydrogen-bond acceptors (Lipinski definition) is 4. The van der Waals surface area contributed by atoms with E-state index in [1.165, 1.54) is 31.3 Å². The summed E-state index contributed by atoms with van der Waals surface area (Å²) in [7, 11) is 0. The number of ketones is 1. The molecule has 0 aliphatic carbocycles. The van der Waals surface area contributed by atoms with Crippen molar-refractivity contribution in [2.45, 2.75) is 26.3 Å². The number of carbonyl (C=O) groups is 2. The molecule has 1 heterocycles. The quantitative estimate of drug-likeness (QED) is 0.793. The number of benzene rings is 1. The maximum absolute atomic E-state index is 13.4. The van der Waals surface area contributed by atoms with Crippen molar-refractivity contribution in [1.82, 2.24) is 10.3 Å². The van der Waals surface area contributed by atoms with Gasteiger partial charge in [-0.05, 0) is 36.8 Å². The molecule has 0 saturated carbocycles. The lowest BCUT2D eigenvalue weighted by molar-refractivity contribution is -0.275. The summed E-state index contributed by atoms with van der Waals surface area (Å²) in [6.07, 6.45) is -3.57. The van der Waals surface area contributed by atoms with Gasteiger partial charge in [-0.3, -0.25) is 14.6 Å². The predicted octanol–water partition coefficient (Wildman–Crippen LogP) is 3.18. The average Bonchev–Trinajstić information content (AvgIpc) is 2.53. The molecule has 2 aromatic rings. The van der Waals surface area contributed by atoms with E-state index in [1.54, 1.807) is 0 Å². The van der Waals surface area contributed by atoms with Crippen LogP contribution in [0.2, 0.25) is 0 Å². The molecule has 5 nitrogen and oxygen atoms in total. The topological polar surface area (TPSA) is 68.3 Å². The van der Waals surface area contributed by atoms with Crippen molar-refractivity contribution in [3.63, 3.8) is 0 Å². The van der Waals surface area contributed by atoms with Gasteiger partial charge in [0.1, 0.15) is 5.78 Å². The molecule has 0 bridgehead atoms. The van der Waals surface area contributed by atoms with E-state index in [-0.39, 0.29) is 29.9 Å². The van der Waals surface area contributed by atoms with Gasteiger partial charge in [0.25, 0.3) is 5.91 Å². The molecule has 0 fully saturated rings. The van der Waals surface area contributed by atoms with Gasteiger partial charge in [-0.25, -0.2) is 4.39 Å². The summed E-state index contributed by atoms with van der Waals surface area (Å²) in [6, 6.07) is 5.78. The van der Waals surface area contributed by atoms with Gasteiger partial charge in [0, 0.05) is 30.4 Å². The second kappa shape index (κ2) is 7.94. The van der Waals surface area contributed by atoms with Crippen LogP contribution in [0.1, 0.15) is 28.5 Å². The number of halogens is 4. The lowest BCUT2D eigenvalue weighted by Gasteiger charge is -2.11. The zero-order valence-electron chi connectivity index (χ0n) is 13.6. The lowest BCUT2D eigenvalue weighted by atomic mass is 10.1. The van der Waals surface area contributed by atoms with E-state index in [4.69, 9.17) is 0 Å². The first kappa shape index (κ1) is 19.4. The first-order valence-electron chi connectivity index (χ1n) is 7.41. The number of amides is 1. The molecule has 138 valence electrons. The molecular formula is C17H14F4N2O3. The number of Topliss-reactive ketones (excluding diaryl/α,β-unsaturated/α-hetero) is 1. The minimum Gasteiger partial charge on any atom is -0.403 e. The van der Waals surface area contributed by atoms with Gasteiger partial charge in [-0.1, -0.05) is 6.07 Å². The minimum atomic E-state index is -5.02. The Kier molecular flexibility index (Phi) is 5.91. The van der Waals surface area contributed by atoms with Gasteiger partial charge in [0.05, 0.1) is 0 Å². The third-order valence-corrected chi connectivity index (χ3v) is 3.18. The molecule has 9 heteroatoms. The highest BCUT2D eigenvalue weighted by atomic mass is 19.4. The Morgan fingerprint density at radius 2 is 1.92 bits per heavy atom. The molecule has 1 aromatic carbocycles.